The molecule has 0 bridgehead atoms. The van der Waals surface area contributed by atoms with Crippen molar-refractivity contribution in [2.45, 2.75) is 123 Å². The molecule has 0 saturated carbocycles. The number of nitrogens with one attached hydrogen (secondary N) is 2. The summed E-state index contributed by atoms with van der Waals surface area (Å²) in [6.07, 6.45) is 4.23. The first-order chi connectivity index (χ1) is 33.0. The number of guanidine groups is 1. The Morgan fingerprint density at radius 2 is 1.57 bits per heavy atom. The number of imide groups is 1. The fourth-order valence-electron chi connectivity index (χ4n) is 9.08. The third-order valence-corrected chi connectivity index (χ3v) is 14.3. The Bertz CT molecular complexity index is 2260. The maximum atomic E-state index is 14.4. The molecule has 8 atom stereocenters. The van der Waals surface area contributed by atoms with Crippen LogP contribution >= 0.6 is 0 Å². The summed E-state index contributed by atoms with van der Waals surface area (Å²) in [5.41, 5.74) is 1.01. The van der Waals surface area contributed by atoms with Crippen molar-refractivity contribution >= 4 is 51.4 Å². The van der Waals surface area contributed by atoms with Gasteiger partial charge in [0.25, 0.3) is 17.7 Å². The molecule has 70 heavy (non-hydrogen) atoms. The van der Waals surface area contributed by atoms with Crippen molar-refractivity contribution in [1.29, 1.82) is 0 Å². The van der Waals surface area contributed by atoms with Gasteiger partial charge in [-0.2, -0.15) is 0 Å². The molecule has 6 unspecified atom stereocenters. The second kappa shape index (κ2) is 25.9. The number of aliphatic imine (C=N–C) groups is 1. The number of sulfonamides is 1. The van der Waals surface area contributed by atoms with Gasteiger partial charge in [-0.25, -0.2) is 13.4 Å². The number of amides is 6. The van der Waals surface area contributed by atoms with Crippen LogP contribution in [0.5, 0.6) is 0 Å². The Labute approximate surface area is 413 Å². The molecular formula is C48H75N11O10S. The Balaban J connectivity index is 1.45. The maximum absolute atomic E-state index is 14.4. The second-order valence-electron chi connectivity index (χ2n) is 19.0. The third-order valence-electron chi connectivity index (χ3n) is 13.0. The van der Waals surface area contributed by atoms with Gasteiger partial charge in [-0.15, -0.1) is 5.10 Å². The summed E-state index contributed by atoms with van der Waals surface area (Å²) in [5, 5.41) is 10.7. The van der Waals surface area contributed by atoms with Crippen molar-refractivity contribution in [2.24, 2.45) is 22.7 Å². The van der Waals surface area contributed by atoms with E-state index in [1.54, 1.807) is 61.2 Å². The highest BCUT2D eigenvalue weighted by molar-refractivity contribution is 7.90. The lowest BCUT2D eigenvalue weighted by molar-refractivity contribution is -0.146. The lowest BCUT2D eigenvalue weighted by atomic mass is 9.89. The predicted molar refractivity (Wildman–Crippen MR) is 263 cm³/mol. The SMILES string of the molecule is CCC(C)C(C(CC(=O)N1CCCC1C(OC)C(C)C(=O)N[C@@H](Cc1ccccc1)C(=O)NS(=O)(=O)CCCn1cc(CN2C(=O)C=CC2=O)nn1)OC)N(C)C(=O)[C@@H](N=C(N(C)C)N(C)C)C(C)C. The van der Waals surface area contributed by atoms with Crippen LogP contribution in [0.15, 0.2) is 53.7 Å². The first-order valence-electron chi connectivity index (χ1n) is 23.9. The second-order valence-corrected chi connectivity index (χ2v) is 20.8. The van der Waals surface area contributed by atoms with E-state index in [0.29, 0.717) is 43.0 Å². The zero-order valence-corrected chi connectivity index (χ0v) is 43.7. The molecule has 1 saturated heterocycles. The van der Waals surface area contributed by atoms with Gasteiger partial charge >= 0.3 is 0 Å². The highest BCUT2D eigenvalue weighted by Crippen LogP contribution is 2.30. The molecule has 0 aliphatic carbocycles. The molecule has 1 aromatic carbocycles. The van der Waals surface area contributed by atoms with Crippen LogP contribution in [0.3, 0.4) is 0 Å². The molecule has 1 aromatic heterocycles. The summed E-state index contributed by atoms with van der Waals surface area (Å²) in [6.45, 7) is 10.1. The van der Waals surface area contributed by atoms with E-state index in [2.05, 4.69) is 20.4 Å². The topological polar surface area (TPSA) is 238 Å². The van der Waals surface area contributed by atoms with E-state index in [1.807, 2.05) is 65.7 Å². The molecule has 6 amide bonds. The van der Waals surface area contributed by atoms with Crippen molar-refractivity contribution in [3.63, 3.8) is 0 Å². The number of hydrogen-bond acceptors (Lipinski definition) is 13. The standard InChI is InChI=1S/C48H75N11O10S/c1-13-32(4)43(56(10)47(65)42(31(2)3)50-48(54(6)7)55(8)9)38(68-11)28-41(62)58-25-17-21-37(58)44(69-12)33(5)45(63)49-36(27-34-19-15-14-16-20-34)46(64)52-70(66,67)26-18-24-57-29-35(51-53-57)30-59-39(60)22-23-40(59)61/h14-16,19-20,22-23,29,31-33,36-38,42-44H,13,17-18,21,24-28,30H2,1-12H3,(H,49,63)(H,52,64)/t32?,33?,36-,37?,38?,42-,43?,44?/m0/s1. The number of nitrogens with zero attached hydrogens (tertiary/aromatic N) is 9. The van der Waals surface area contributed by atoms with Gasteiger partial charge in [-0.3, -0.25) is 43.1 Å². The molecule has 388 valence electrons. The highest BCUT2D eigenvalue weighted by atomic mass is 32.2. The third kappa shape index (κ3) is 15.1. The quantitative estimate of drug-likeness (QED) is 0.0819. The number of rotatable bonds is 25. The van der Waals surface area contributed by atoms with E-state index in [0.717, 1.165) is 17.1 Å². The van der Waals surface area contributed by atoms with Crippen LogP contribution in [0.25, 0.3) is 0 Å². The number of aromatic nitrogens is 3. The van der Waals surface area contributed by atoms with Crippen LogP contribution in [0.1, 0.15) is 78.0 Å². The average molecular weight is 998 g/mol. The number of carbonyl (C=O) groups excluding carboxylic acids is 6. The van der Waals surface area contributed by atoms with Crippen LogP contribution in [0.2, 0.25) is 0 Å². The van der Waals surface area contributed by atoms with Crippen molar-refractivity contribution in [1.82, 2.24) is 49.5 Å². The van der Waals surface area contributed by atoms with Crippen molar-refractivity contribution in [2.75, 3.05) is 61.8 Å². The molecule has 21 nitrogen and oxygen atoms in total. The molecule has 0 radical (unpaired) electrons. The minimum atomic E-state index is -4.21. The smallest absolute Gasteiger partial charge is 0.256 e. The van der Waals surface area contributed by atoms with Crippen molar-refractivity contribution < 1.29 is 46.7 Å². The van der Waals surface area contributed by atoms with Gasteiger partial charge in [0.2, 0.25) is 27.7 Å². The highest BCUT2D eigenvalue weighted by Gasteiger charge is 2.43. The lowest BCUT2D eigenvalue weighted by Gasteiger charge is -2.40. The summed E-state index contributed by atoms with van der Waals surface area (Å²) in [5.74, 6) is -3.72. The molecule has 0 spiro atoms. The number of likely N-dealkylation sites (tertiary alicyclic amines) is 1. The van der Waals surface area contributed by atoms with Gasteiger partial charge in [0.15, 0.2) is 5.96 Å². The fourth-order valence-corrected chi connectivity index (χ4v) is 10.1. The van der Waals surface area contributed by atoms with Gasteiger partial charge in [-0.05, 0) is 36.7 Å². The van der Waals surface area contributed by atoms with E-state index in [1.165, 1.54) is 18.0 Å². The van der Waals surface area contributed by atoms with Gasteiger partial charge < -0.3 is 34.4 Å². The van der Waals surface area contributed by atoms with Crippen molar-refractivity contribution in [3.8, 4) is 0 Å². The first kappa shape index (κ1) is 56.8. The summed E-state index contributed by atoms with van der Waals surface area (Å²) in [4.78, 5) is 93.6. The molecule has 2 aromatic rings. The summed E-state index contributed by atoms with van der Waals surface area (Å²) >= 11 is 0. The Morgan fingerprint density at radius 1 is 0.929 bits per heavy atom. The number of ether oxygens (including phenoxy) is 2. The number of hydrogen-bond donors (Lipinski definition) is 2. The first-order valence-corrected chi connectivity index (χ1v) is 25.5. The van der Waals surface area contributed by atoms with Gasteiger partial charge in [-0.1, -0.05) is 76.6 Å². The number of methoxy groups -OCH3 is 2. The molecule has 2 aliphatic rings. The normalized spacial score (nSPS) is 17.9. The molecule has 1 fully saturated rings. The van der Waals surface area contributed by atoms with Crippen LogP contribution in [-0.4, -0.2) is 187 Å². The Kier molecular flexibility index (Phi) is 21.1. The van der Waals surface area contributed by atoms with E-state index >= 15 is 0 Å². The van der Waals surface area contributed by atoms with Crippen LogP contribution in [0, 0.1) is 17.8 Å². The van der Waals surface area contributed by atoms with Gasteiger partial charge in [0.05, 0.1) is 55.1 Å². The largest absolute Gasteiger partial charge is 0.379 e. The van der Waals surface area contributed by atoms with Gasteiger partial charge in [0.1, 0.15) is 17.8 Å². The van der Waals surface area contributed by atoms with E-state index in [4.69, 9.17) is 14.5 Å². The minimum absolute atomic E-state index is 0.0188. The summed E-state index contributed by atoms with van der Waals surface area (Å²) < 4.78 is 42.1. The number of benzene rings is 1. The average Bonchev–Trinajstić information content (AvgIpc) is 4.06. The fraction of sp³-hybridized carbons (Fsp3) is 0.646. The molecule has 2 N–H and O–H groups in total. The minimum Gasteiger partial charge on any atom is -0.379 e. The summed E-state index contributed by atoms with van der Waals surface area (Å²) in [6, 6.07) is 5.88. The maximum Gasteiger partial charge on any atom is 0.256 e. The monoisotopic (exact) mass is 998 g/mol. The Hall–Kier alpha value is -5.74. The van der Waals surface area contributed by atoms with Crippen LogP contribution in [-0.2, 0) is 67.8 Å². The predicted octanol–water partition coefficient (Wildman–Crippen LogP) is 1.69. The Morgan fingerprint density at radius 3 is 2.14 bits per heavy atom. The summed E-state index contributed by atoms with van der Waals surface area (Å²) in [7, 11) is 8.05. The van der Waals surface area contributed by atoms with Crippen LogP contribution in [0.4, 0.5) is 0 Å². The zero-order valence-electron chi connectivity index (χ0n) is 42.9. The van der Waals surface area contributed by atoms with E-state index < -0.39 is 81.7 Å². The number of carbonyl (C=O) groups is 6. The molecule has 3 heterocycles. The van der Waals surface area contributed by atoms with E-state index in [-0.39, 0.29) is 56.0 Å². The van der Waals surface area contributed by atoms with Crippen molar-refractivity contribution in [3.05, 3.63) is 59.9 Å². The van der Waals surface area contributed by atoms with Gasteiger partial charge in [0, 0.05) is 81.1 Å². The number of aryl methyl sites for hydroxylation is 1. The zero-order chi connectivity index (χ0) is 52.0. The van der Waals surface area contributed by atoms with E-state index in [9.17, 15) is 37.2 Å². The number of likely N-dealkylation sites (N-methyl/N-ethyl adjacent to an activating group) is 1. The van der Waals surface area contributed by atoms with Crippen LogP contribution < -0.4 is 10.0 Å². The molecule has 4 rings (SSSR count). The molecule has 22 heteroatoms. The molecular weight excluding hydrogens is 923 g/mol. The lowest BCUT2D eigenvalue weighted by Crippen LogP contribution is -2.56. The molecule has 2 aliphatic heterocycles.